The molecule has 0 aromatic heterocycles. The van der Waals surface area contributed by atoms with Crippen LogP contribution in [-0.4, -0.2) is 39.4 Å². The van der Waals surface area contributed by atoms with Gasteiger partial charge in [-0.3, -0.25) is 0 Å². The normalized spacial score (nSPS) is 19.7. The number of rotatable bonds is 4. The Kier molecular flexibility index (Phi) is 4.31. The number of hydrogen-bond donors (Lipinski definition) is 1. The summed E-state index contributed by atoms with van der Waals surface area (Å²) in [7, 11) is 1.67. The van der Waals surface area contributed by atoms with Gasteiger partial charge >= 0.3 is 0 Å². The van der Waals surface area contributed by atoms with Crippen molar-refractivity contribution in [2.75, 3.05) is 38.3 Å². The standard InChI is InChI=1S/C14H22N2O2/c1-4-18-14-9-12(5-6-13(14)17-3)16-8-7-15-11(2)10-16/h5-6,9,11,15H,4,7-8,10H2,1-3H3/t11-/m1/s1. The predicted molar refractivity (Wildman–Crippen MR) is 73.8 cm³/mol. The van der Waals surface area contributed by atoms with Crippen LogP contribution in [0.5, 0.6) is 11.5 Å². The lowest BCUT2D eigenvalue weighted by molar-refractivity contribution is 0.311. The fourth-order valence-corrected chi connectivity index (χ4v) is 2.30. The molecule has 1 aliphatic rings. The van der Waals surface area contributed by atoms with Crippen LogP contribution >= 0.6 is 0 Å². The number of anilines is 1. The molecule has 0 aliphatic carbocycles. The van der Waals surface area contributed by atoms with Crippen molar-refractivity contribution in [1.29, 1.82) is 0 Å². The lowest BCUT2D eigenvalue weighted by atomic mass is 10.2. The van der Waals surface area contributed by atoms with Gasteiger partial charge in [0.2, 0.25) is 0 Å². The fourth-order valence-electron chi connectivity index (χ4n) is 2.30. The van der Waals surface area contributed by atoms with Crippen molar-refractivity contribution in [2.24, 2.45) is 0 Å². The number of hydrogen-bond acceptors (Lipinski definition) is 4. The average molecular weight is 250 g/mol. The summed E-state index contributed by atoms with van der Waals surface area (Å²) in [6, 6.07) is 6.67. The maximum atomic E-state index is 5.62. The molecule has 0 bridgehead atoms. The second-order valence-electron chi connectivity index (χ2n) is 4.57. The Hall–Kier alpha value is -1.42. The summed E-state index contributed by atoms with van der Waals surface area (Å²) in [6.07, 6.45) is 0. The zero-order valence-corrected chi connectivity index (χ0v) is 11.4. The third-order valence-electron chi connectivity index (χ3n) is 3.18. The molecule has 1 aromatic carbocycles. The maximum absolute atomic E-state index is 5.62. The van der Waals surface area contributed by atoms with Gasteiger partial charge in [-0.05, 0) is 26.0 Å². The van der Waals surface area contributed by atoms with E-state index in [1.165, 1.54) is 5.69 Å². The first-order chi connectivity index (χ1) is 8.74. The van der Waals surface area contributed by atoms with E-state index in [1.807, 2.05) is 13.0 Å². The topological polar surface area (TPSA) is 33.7 Å². The molecule has 0 saturated carbocycles. The van der Waals surface area contributed by atoms with Crippen molar-refractivity contribution in [2.45, 2.75) is 19.9 Å². The summed E-state index contributed by atoms with van der Waals surface area (Å²) in [5, 5.41) is 3.45. The van der Waals surface area contributed by atoms with E-state index < -0.39 is 0 Å². The molecule has 18 heavy (non-hydrogen) atoms. The number of nitrogens with zero attached hydrogens (tertiary/aromatic N) is 1. The molecule has 4 nitrogen and oxygen atoms in total. The zero-order chi connectivity index (χ0) is 13.0. The average Bonchev–Trinajstić information content (AvgIpc) is 2.39. The van der Waals surface area contributed by atoms with Crippen LogP contribution in [0, 0.1) is 0 Å². The van der Waals surface area contributed by atoms with Crippen LogP contribution in [0.4, 0.5) is 5.69 Å². The van der Waals surface area contributed by atoms with Crippen LogP contribution < -0.4 is 19.7 Å². The highest BCUT2D eigenvalue weighted by Crippen LogP contribution is 2.32. The van der Waals surface area contributed by atoms with E-state index in [0.717, 1.165) is 31.1 Å². The van der Waals surface area contributed by atoms with Crippen molar-refractivity contribution < 1.29 is 9.47 Å². The third-order valence-corrected chi connectivity index (χ3v) is 3.18. The van der Waals surface area contributed by atoms with Crippen LogP contribution in [0.3, 0.4) is 0 Å². The molecular weight excluding hydrogens is 228 g/mol. The maximum Gasteiger partial charge on any atom is 0.163 e. The van der Waals surface area contributed by atoms with Gasteiger partial charge in [0.1, 0.15) is 0 Å². The second-order valence-corrected chi connectivity index (χ2v) is 4.57. The first-order valence-corrected chi connectivity index (χ1v) is 6.53. The van der Waals surface area contributed by atoms with Crippen molar-refractivity contribution >= 4 is 5.69 Å². The fraction of sp³-hybridized carbons (Fsp3) is 0.571. The molecular formula is C14H22N2O2. The zero-order valence-electron chi connectivity index (χ0n) is 11.4. The van der Waals surface area contributed by atoms with Gasteiger partial charge in [-0.25, -0.2) is 0 Å². The predicted octanol–water partition coefficient (Wildman–Crippen LogP) is 1.89. The largest absolute Gasteiger partial charge is 0.493 e. The smallest absolute Gasteiger partial charge is 0.163 e. The molecule has 1 fully saturated rings. The van der Waals surface area contributed by atoms with Gasteiger partial charge in [-0.15, -0.1) is 0 Å². The van der Waals surface area contributed by atoms with Crippen molar-refractivity contribution in [3.8, 4) is 11.5 Å². The Morgan fingerprint density at radius 2 is 2.22 bits per heavy atom. The van der Waals surface area contributed by atoms with Crippen molar-refractivity contribution in [1.82, 2.24) is 5.32 Å². The lowest BCUT2D eigenvalue weighted by Crippen LogP contribution is -2.49. The van der Waals surface area contributed by atoms with Gasteiger partial charge in [0.05, 0.1) is 13.7 Å². The Balaban J connectivity index is 2.19. The molecule has 1 aromatic rings. The number of piperazine rings is 1. The van der Waals surface area contributed by atoms with E-state index in [0.29, 0.717) is 12.6 Å². The van der Waals surface area contributed by atoms with Crippen LogP contribution in [0.1, 0.15) is 13.8 Å². The minimum Gasteiger partial charge on any atom is -0.493 e. The Morgan fingerprint density at radius 3 is 2.89 bits per heavy atom. The number of methoxy groups -OCH3 is 1. The molecule has 0 spiro atoms. The van der Waals surface area contributed by atoms with Crippen LogP contribution in [0.15, 0.2) is 18.2 Å². The quantitative estimate of drug-likeness (QED) is 0.885. The monoisotopic (exact) mass is 250 g/mol. The van der Waals surface area contributed by atoms with Crippen molar-refractivity contribution in [3.05, 3.63) is 18.2 Å². The molecule has 0 amide bonds. The Morgan fingerprint density at radius 1 is 1.39 bits per heavy atom. The number of benzene rings is 1. The minimum atomic E-state index is 0.524. The van der Waals surface area contributed by atoms with Gasteiger partial charge in [-0.2, -0.15) is 0 Å². The molecule has 2 rings (SSSR count). The summed E-state index contributed by atoms with van der Waals surface area (Å²) in [6.45, 7) is 7.92. The van der Waals surface area contributed by atoms with Crippen LogP contribution in [-0.2, 0) is 0 Å². The summed E-state index contributed by atoms with van der Waals surface area (Å²) in [4.78, 5) is 2.38. The highest BCUT2D eigenvalue weighted by atomic mass is 16.5. The molecule has 1 heterocycles. The van der Waals surface area contributed by atoms with Crippen LogP contribution in [0.2, 0.25) is 0 Å². The highest BCUT2D eigenvalue weighted by Gasteiger charge is 2.17. The first kappa shape index (κ1) is 13.0. The molecule has 0 radical (unpaired) electrons. The van der Waals surface area contributed by atoms with Gasteiger partial charge in [0.15, 0.2) is 11.5 Å². The molecule has 1 atom stereocenters. The van der Waals surface area contributed by atoms with E-state index >= 15 is 0 Å². The van der Waals surface area contributed by atoms with Gasteiger partial charge in [0.25, 0.3) is 0 Å². The minimum absolute atomic E-state index is 0.524. The molecule has 1 aliphatic heterocycles. The Labute approximate surface area is 109 Å². The van der Waals surface area contributed by atoms with E-state index in [4.69, 9.17) is 9.47 Å². The third kappa shape index (κ3) is 2.88. The van der Waals surface area contributed by atoms with Gasteiger partial charge in [-0.1, -0.05) is 0 Å². The van der Waals surface area contributed by atoms with Crippen molar-refractivity contribution in [3.63, 3.8) is 0 Å². The lowest BCUT2D eigenvalue weighted by Gasteiger charge is -2.34. The molecule has 0 unspecified atom stereocenters. The molecule has 1 N–H and O–H groups in total. The molecule has 4 heteroatoms. The Bertz CT molecular complexity index is 395. The van der Waals surface area contributed by atoms with E-state index in [-0.39, 0.29) is 0 Å². The second kappa shape index (κ2) is 5.96. The van der Waals surface area contributed by atoms with E-state index in [1.54, 1.807) is 7.11 Å². The molecule has 1 saturated heterocycles. The summed E-state index contributed by atoms with van der Waals surface area (Å²) >= 11 is 0. The summed E-state index contributed by atoms with van der Waals surface area (Å²) in [5.41, 5.74) is 1.20. The number of nitrogens with one attached hydrogen (secondary N) is 1. The first-order valence-electron chi connectivity index (χ1n) is 6.53. The van der Waals surface area contributed by atoms with Crippen LogP contribution in [0.25, 0.3) is 0 Å². The van der Waals surface area contributed by atoms with Gasteiger partial charge < -0.3 is 19.7 Å². The summed E-state index contributed by atoms with van der Waals surface area (Å²) in [5.74, 6) is 1.62. The van der Waals surface area contributed by atoms with E-state index in [2.05, 4.69) is 29.3 Å². The highest BCUT2D eigenvalue weighted by molar-refractivity contribution is 5.56. The van der Waals surface area contributed by atoms with E-state index in [9.17, 15) is 0 Å². The molecule has 100 valence electrons. The van der Waals surface area contributed by atoms with Gasteiger partial charge in [0, 0.05) is 37.4 Å². The SMILES string of the molecule is CCOc1cc(N2CCN[C@H](C)C2)ccc1OC. The number of ether oxygens (including phenoxy) is 2. The summed E-state index contributed by atoms with van der Waals surface area (Å²) < 4.78 is 10.9.